The summed E-state index contributed by atoms with van der Waals surface area (Å²) in [4.78, 5) is 25.1. The summed E-state index contributed by atoms with van der Waals surface area (Å²) in [6, 6.07) is 16.0. The van der Waals surface area contributed by atoms with Crippen LogP contribution in [-0.2, 0) is 13.0 Å². The van der Waals surface area contributed by atoms with Gasteiger partial charge < -0.3 is 0 Å². The molecule has 0 atom stereocenters. The Bertz CT molecular complexity index is 1280. The molecule has 0 fully saturated rings. The monoisotopic (exact) mass is 444 g/mol. The average molecular weight is 445 g/mol. The van der Waals surface area contributed by atoms with Crippen LogP contribution < -0.4 is 5.69 Å². The van der Waals surface area contributed by atoms with Crippen molar-refractivity contribution < 1.29 is 4.79 Å². The molecule has 33 heavy (non-hydrogen) atoms. The van der Waals surface area contributed by atoms with E-state index in [1.165, 1.54) is 0 Å². The van der Waals surface area contributed by atoms with Gasteiger partial charge in [0.2, 0.25) is 0 Å². The highest BCUT2D eigenvalue weighted by Gasteiger charge is 2.21. The zero-order valence-electron chi connectivity index (χ0n) is 19.2. The van der Waals surface area contributed by atoms with Crippen molar-refractivity contribution in [1.29, 1.82) is 0 Å². The van der Waals surface area contributed by atoms with Crippen molar-refractivity contribution in [2.24, 2.45) is 0 Å². The molecule has 8 nitrogen and oxygen atoms in total. The van der Waals surface area contributed by atoms with E-state index >= 15 is 0 Å². The van der Waals surface area contributed by atoms with Gasteiger partial charge in [0, 0.05) is 11.6 Å². The number of rotatable bonds is 9. The first kappa shape index (κ1) is 22.4. The minimum Gasteiger partial charge on any atom is -0.296 e. The number of tetrazole rings is 1. The Morgan fingerprint density at radius 2 is 1.79 bits per heavy atom. The number of unbranched alkanes of at least 4 members (excludes halogenated alkanes) is 1. The minimum atomic E-state index is -0.134. The summed E-state index contributed by atoms with van der Waals surface area (Å²) in [6.45, 7) is 6.39. The molecule has 2 aromatic carbocycles. The summed E-state index contributed by atoms with van der Waals surface area (Å²) >= 11 is 0. The van der Waals surface area contributed by atoms with E-state index in [0.717, 1.165) is 47.1 Å². The van der Waals surface area contributed by atoms with Gasteiger partial charge in [-0.1, -0.05) is 61.9 Å². The van der Waals surface area contributed by atoms with E-state index in [1.54, 1.807) is 9.13 Å². The second kappa shape index (κ2) is 9.77. The number of carbonyl (C=O) groups is 1. The Kier molecular flexibility index (Phi) is 6.63. The molecule has 8 heteroatoms. The molecule has 0 radical (unpaired) electrons. The average Bonchev–Trinajstić information content (AvgIpc) is 3.45. The standard InChI is InChI=1S/C25H28N6O2/c1-4-5-10-22-23(16-32)31(17(2)3)25(33)30(22)15-18-11-13-19(14-12-18)20-8-6-7-9-21(20)24-26-28-29-27-24/h6-9,11-14,16-17H,4-5,10,15H2,1-3H3,(H,26,27,28,29). The zero-order valence-corrected chi connectivity index (χ0v) is 19.2. The van der Waals surface area contributed by atoms with Crippen LogP contribution in [0.3, 0.4) is 0 Å². The predicted octanol–water partition coefficient (Wildman–Crippen LogP) is 4.28. The van der Waals surface area contributed by atoms with E-state index in [1.807, 2.05) is 62.4 Å². The van der Waals surface area contributed by atoms with Gasteiger partial charge in [0.15, 0.2) is 12.1 Å². The number of aldehydes is 1. The Morgan fingerprint density at radius 3 is 2.39 bits per heavy atom. The number of aromatic nitrogens is 6. The lowest BCUT2D eigenvalue weighted by molar-refractivity contribution is 0.111. The van der Waals surface area contributed by atoms with Crippen LogP contribution in [-0.4, -0.2) is 36.0 Å². The molecule has 0 saturated carbocycles. The summed E-state index contributed by atoms with van der Waals surface area (Å²) in [5.41, 5.74) is 5.13. The first-order chi connectivity index (χ1) is 16.0. The second-order valence-corrected chi connectivity index (χ2v) is 8.38. The fraction of sp³-hybridized carbons (Fsp3) is 0.320. The van der Waals surface area contributed by atoms with Crippen molar-refractivity contribution in [3.8, 4) is 22.5 Å². The van der Waals surface area contributed by atoms with Crippen LogP contribution in [0.25, 0.3) is 22.5 Å². The molecule has 4 aromatic rings. The van der Waals surface area contributed by atoms with E-state index < -0.39 is 0 Å². The normalized spacial score (nSPS) is 11.3. The van der Waals surface area contributed by atoms with Gasteiger partial charge in [-0.15, -0.1) is 5.10 Å². The lowest BCUT2D eigenvalue weighted by Gasteiger charge is -2.10. The van der Waals surface area contributed by atoms with Gasteiger partial charge in [0.25, 0.3) is 0 Å². The summed E-state index contributed by atoms with van der Waals surface area (Å²) in [5.74, 6) is 0.609. The van der Waals surface area contributed by atoms with Gasteiger partial charge in [0.05, 0.1) is 12.2 Å². The fourth-order valence-corrected chi connectivity index (χ4v) is 4.21. The molecule has 0 aliphatic heterocycles. The minimum absolute atomic E-state index is 0.0798. The third-order valence-corrected chi connectivity index (χ3v) is 5.85. The highest BCUT2D eigenvalue weighted by atomic mass is 16.2. The first-order valence-electron chi connectivity index (χ1n) is 11.3. The molecule has 1 N–H and O–H groups in total. The van der Waals surface area contributed by atoms with Crippen molar-refractivity contribution in [2.75, 3.05) is 0 Å². The summed E-state index contributed by atoms with van der Waals surface area (Å²) < 4.78 is 3.36. The van der Waals surface area contributed by atoms with E-state index in [0.29, 0.717) is 24.5 Å². The van der Waals surface area contributed by atoms with Gasteiger partial charge in [0.1, 0.15) is 5.69 Å². The maximum absolute atomic E-state index is 13.2. The van der Waals surface area contributed by atoms with E-state index in [4.69, 9.17) is 0 Å². The maximum Gasteiger partial charge on any atom is 0.329 e. The number of carbonyl (C=O) groups excluding carboxylic acids is 1. The number of H-pyrrole nitrogens is 1. The molecule has 0 spiro atoms. The lowest BCUT2D eigenvalue weighted by atomic mass is 9.98. The summed E-state index contributed by atoms with van der Waals surface area (Å²) in [7, 11) is 0. The first-order valence-corrected chi connectivity index (χ1v) is 11.3. The number of hydrogen-bond donors (Lipinski definition) is 1. The van der Waals surface area contributed by atoms with Crippen molar-refractivity contribution in [3.05, 3.63) is 76.0 Å². The molecule has 0 amide bonds. The van der Waals surface area contributed by atoms with Crippen molar-refractivity contribution in [2.45, 2.75) is 52.6 Å². The molecule has 0 aliphatic rings. The van der Waals surface area contributed by atoms with Gasteiger partial charge in [-0.3, -0.25) is 13.9 Å². The SMILES string of the molecule is CCCCc1c(C=O)n(C(C)C)c(=O)n1Cc1ccc(-c2ccccc2-c2nnn[nH]2)cc1. The Hall–Kier alpha value is -3.81. The van der Waals surface area contributed by atoms with Crippen LogP contribution in [0, 0.1) is 0 Å². The third-order valence-electron chi connectivity index (χ3n) is 5.85. The number of nitrogens with zero attached hydrogens (tertiary/aromatic N) is 5. The van der Waals surface area contributed by atoms with E-state index in [2.05, 4.69) is 27.5 Å². The van der Waals surface area contributed by atoms with Crippen LogP contribution in [0.2, 0.25) is 0 Å². The topological polar surface area (TPSA) is 98.5 Å². The molecule has 2 aromatic heterocycles. The van der Waals surface area contributed by atoms with Crippen LogP contribution in [0.4, 0.5) is 0 Å². The van der Waals surface area contributed by atoms with Gasteiger partial charge in [-0.25, -0.2) is 9.89 Å². The van der Waals surface area contributed by atoms with E-state index in [-0.39, 0.29) is 11.7 Å². The smallest absolute Gasteiger partial charge is 0.296 e. The largest absolute Gasteiger partial charge is 0.329 e. The molecule has 0 aliphatic carbocycles. The number of benzene rings is 2. The molecule has 0 saturated heterocycles. The van der Waals surface area contributed by atoms with Crippen molar-refractivity contribution >= 4 is 6.29 Å². The molecule has 170 valence electrons. The summed E-state index contributed by atoms with van der Waals surface area (Å²) in [6.07, 6.45) is 3.44. The Morgan fingerprint density at radius 1 is 1.06 bits per heavy atom. The maximum atomic E-state index is 13.2. The molecule has 0 unspecified atom stereocenters. The van der Waals surface area contributed by atoms with Crippen LogP contribution >= 0.6 is 0 Å². The number of aromatic amines is 1. The molecule has 2 heterocycles. The second-order valence-electron chi connectivity index (χ2n) is 8.38. The van der Waals surface area contributed by atoms with Gasteiger partial charge in [-0.05, 0) is 53.8 Å². The quantitative estimate of drug-likeness (QED) is 0.389. The van der Waals surface area contributed by atoms with Gasteiger partial charge in [-0.2, -0.15) is 0 Å². The Balaban J connectivity index is 1.69. The third kappa shape index (κ3) is 4.41. The number of hydrogen-bond acceptors (Lipinski definition) is 5. The van der Waals surface area contributed by atoms with E-state index in [9.17, 15) is 9.59 Å². The lowest BCUT2D eigenvalue weighted by Crippen LogP contribution is -2.27. The highest BCUT2D eigenvalue weighted by Crippen LogP contribution is 2.30. The van der Waals surface area contributed by atoms with Crippen molar-refractivity contribution in [1.82, 2.24) is 29.8 Å². The fourth-order valence-electron chi connectivity index (χ4n) is 4.21. The molecule has 4 rings (SSSR count). The number of nitrogens with one attached hydrogen (secondary N) is 1. The Labute approximate surface area is 192 Å². The van der Waals surface area contributed by atoms with Crippen molar-refractivity contribution in [3.63, 3.8) is 0 Å². The highest BCUT2D eigenvalue weighted by molar-refractivity contribution is 5.80. The number of imidazole rings is 1. The van der Waals surface area contributed by atoms with Crippen LogP contribution in [0.15, 0.2) is 53.3 Å². The van der Waals surface area contributed by atoms with Gasteiger partial charge >= 0.3 is 5.69 Å². The van der Waals surface area contributed by atoms with Crippen LogP contribution in [0.1, 0.15) is 61.4 Å². The molecular formula is C25H28N6O2. The molecule has 0 bridgehead atoms. The summed E-state index contributed by atoms with van der Waals surface area (Å²) in [5, 5.41) is 14.2. The zero-order chi connectivity index (χ0) is 23.4. The molecular weight excluding hydrogens is 416 g/mol. The van der Waals surface area contributed by atoms with Crippen LogP contribution in [0.5, 0.6) is 0 Å². The predicted molar refractivity (Wildman–Crippen MR) is 127 cm³/mol.